The molecular weight excluding hydrogens is 318 g/mol. The van der Waals surface area contributed by atoms with E-state index in [0.29, 0.717) is 22.0 Å². The van der Waals surface area contributed by atoms with Gasteiger partial charge in [-0.3, -0.25) is 4.79 Å². The van der Waals surface area contributed by atoms with Gasteiger partial charge in [0.25, 0.3) is 5.56 Å². The fraction of sp³-hybridized carbons (Fsp3) is 0. The van der Waals surface area contributed by atoms with Crippen molar-refractivity contribution in [2.24, 2.45) is 5.10 Å². The first-order valence-electron chi connectivity index (χ1n) is 7.57. The highest BCUT2D eigenvalue weighted by Crippen LogP contribution is 2.25. The molecule has 0 saturated heterocycles. The lowest BCUT2D eigenvalue weighted by molar-refractivity contribution is 0.436. The van der Waals surface area contributed by atoms with E-state index in [2.05, 4.69) is 15.3 Å². The lowest BCUT2D eigenvalue weighted by Gasteiger charge is -2.13. The first kappa shape index (κ1) is 14.8. The Labute approximate surface area is 142 Å². The molecule has 0 aliphatic heterocycles. The molecule has 0 amide bonds. The summed E-state index contributed by atoms with van der Waals surface area (Å²) in [6.45, 7) is 0. The second kappa shape index (κ2) is 6.04. The Kier molecular flexibility index (Phi) is 3.59. The predicted molar refractivity (Wildman–Crippen MR) is 94.2 cm³/mol. The lowest BCUT2D eigenvalue weighted by Crippen LogP contribution is -2.20. The summed E-state index contributed by atoms with van der Waals surface area (Å²) < 4.78 is 2.68. The average molecular weight is 331 g/mol. The van der Waals surface area contributed by atoms with Gasteiger partial charge in [0.15, 0.2) is 0 Å². The molecule has 122 valence electrons. The van der Waals surface area contributed by atoms with Crippen LogP contribution in [0.3, 0.4) is 0 Å². The van der Waals surface area contributed by atoms with Crippen LogP contribution >= 0.6 is 0 Å². The molecule has 0 bridgehead atoms. The van der Waals surface area contributed by atoms with Crippen molar-refractivity contribution in [2.45, 2.75) is 0 Å². The number of hydrogen-bond donors (Lipinski definition) is 1. The van der Waals surface area contributed by atoms with Crippen LogP contribution in [0.15, 0.2) is 77.1 Å². The van der Waals surface area contributed by atoms with Crippen LogP contribution in [0.2, 0.25) is 0 Å². The molecule has 0 atom stereocenters. The molecule has 0 spiro atoms. The van der Waals surface area contributed by atoms with Gasteiger partial charge in [-0.25, -0.2) is 9.24 Å². The molecular formula is C18H13N5O2. The van der Waals surface area contributed by atoms with E-state index < -0.39 is 0 Å². The zero-order valence-electron chi connectivity index (χ0n) is 13.0. The van der Waals surface area contributed by atoms with Crippen molar-refractivity contribution in [3.05, 3.63) is 83.2 Å². The summed E-state index contributed by atoms with van der Waals surface area (Å²) in [7, 11) is 0. The summed E-state index contributed by atoms with van der Waals surface area (Å²) in [6, 6.07) is 16.1. The second-order valence-electron chi connectivity index (χ2n) is 5.35. The third-order valence-electron chi connectivity index (χ3n) is 3.84. The normalized spacial score (nSPS) is 11.4. The summed E-state index contributed by atoms with van der Waals surface area (Å²) in [5.41, 5.74) is 0.725. The van der Waals surface area contributed by atoms with Gasteiger partial charge >= 0.3 is 0 Å². The molecule has 2 aromatic carbocycles. The van der Waals surface area contributed by atoms with E-state index in [1.54, 1.807) is 42.5 Å². The van der Waals surface area contributed by atoms with Gasteiger partial charge in [-0.05, 0) is 18.2 Å². The van der Waals surface area contributed by atoms with Crippen molar-refractivity contribution in [1.82, 2.24) is 19.4 Å². The molecule has 7 heteroatoms. The van der Waals surface area contributed by atoms with Crippen LogP contribution in [0, 0.1) is 0 Å². The number of aromatic nitrogens is 4. The monoisotopic (exact) mass is 331 g/mol. The fourth-order valence-electron chi connectivity index (χ4n) is 2.69. The standard InChI is InChI=1S/C18H13N5O2/c24-17-15-9-5-4-8-14(15)16(10-21-22-11-19-20-12-22)18(25)23(17)13-6-2-1-3-7-13/h1-12,25H/b21-10+. The summed E-state index contributed by atoms with van der Waals surface area (Å²) in [5, 5.41) is 23.5. The van der Waals surface area contributed by atoms with E-state index in [1.807, 2.05) is 12.1 Å². The van der Waals surface area contributed by atoms with Gasteiger partial charge in [-0.2, -0.15) is 5.10 Å². The number of pyridine rings is 1. The van der Waals surface area contributed by atoms with Crippen LogP contribution in [0.25, 0.3) is 16.5 Å². The quantitative estimate of drug-likeness (QED) is 0.583. The highest BCUT2D eigenvalue weighted by atomic mass is 16.3. The van der Waals surface area contributed by atoms with Crippen LogP contribution in [0.1, 0.15) is 5.56 Å². The molecule has 0 fully saturated rings. The van der Waals surface area contributed by atoms with Crippen molar-refractivity contribution >= 4 is 17.0 Å². The second-order valence-corrected chi connectivity index (χ2v) is 5.35. The third-order valence-corrected chi connectivity index (χ3v) is 3.84. The zero-order chi connectivity index (χ0) is 17.2. The number of rotatable bonds is 3. The molecule has 2 heterocycles. The first-order chi connectivity index (χ1) is 12.3. The van der Waals surface area contributed by atoms with Gasteiger partial charge in [0.2, 0.25) is 5.88 Å². The van der Waals surface area contributed by atoms with Crippen molar-refractivity contribution in [3.63, 3.8) is 0 Å². The molecule has 4 rings (SSSR count). The minimum absolute atomic E-state index is 0.174. The molecule has 0 aliphatic rings. The van der Waals surface area contributed by atoms with Gasteiger partial charge in [0, 0.05) is 10.8 Å². The van der Waals surface area contributed by atoms with Gasteiger partial charge < -0.3 is 5.11 Å². The summed E-state index contributed by atoms with van der Waals surface area (Å²) in [6.07, 6.45) is 4.35. The Morgan fingerprint density at radius 1 is 0.920 bits per heavy atom. The maximum Gasteiger partial charge on any atom is 0.265 e. The van der Waals surface area contributed by atoms with E-state index in [0.717, 1.165) is 0 Å². The van der Waals surface area contributed by atoms with Crippen LogP contribution in [0.5, 0.6) is 5.88 Å². The van der Waals surface area contributed by atoms with E-state index in [-0.39, 0.29) is 11.4 Å². The topological polar surface area (TPSA) is 85.3 Å². The van der Waals surface area contributed by atoms with Crippen molar-refractivity contribution < 1.29 is 5.11 Å². The Bertz CT molecular complexity index is 1120. The van der Waals surface area contributed by atoms with Gasteiger partial charge in [-0.15, -0.1) is 10.2 Å². The highest BCUT2D eigenvalue weighted by molar-refractivity contribution is 6.01. The van der Waals surface area contributed by atoms with Gasteiger partial charge in [0.05, 0.1) is 17.5 Å². The molecule has 0 aliphatic carbocycles. The molecule has 0 unspecified atom stereocenters. The fourth-order valence-corrected chi connectivity index (χ4v) is 2.69. The Balaban J connectivity index is 2.03. The number of nitrogens with zero attached hydrogens (tertiary/aromatic N) is 5. The van der Waals surface area contributed by atoms with Crippen LogP contribution < -0.4 is 5.56 Å². The van der Waals surface area contributed by atoms with E-state index in [9.17, 15) is 9.90 Å². The number of hydrogen-bond acceptors (Lipinski definition) is 5. The Morgan fingerprint density at radius 3 is 2.28 bits per heavy atom. The summed E-state index contributed by atoms with van der Waals surface area (Å²) >= 11 is 0. The zero-order valence-corrected chi connectivity index (χ0v) is 13.0. The molecule has 25 heavy (non-hydrogen) atoms. The smallest absolute Gasteiger partial charge is 0.265 e. The maximum absolute atomic E-state index is 12.9. The minimum Gasteiger partial charge on any atom is -0.494 e. The van der Waals surface area contributed by atoms with Crippen molar-refractivity contribution in [3.8, 4) is 11.6 Å². The van der Waals surface area contributed by atoms with E-state index in [1.165, 1.54) is 28.1 Å². The summed E-state index contributed by atoms with van der Waals surface area (Å²) in [5.74, 6) is -0.174. The first-order valence-corrected chi connectivity index (χ1v) is 7.57. The highest BCUT2D eigenvalue weighted by Gasteiger charge is 2.15. The summed E-state index contributed by atoms with van der Waals surface area (Å²) in [4.78, 5) is 12.9. The molecule has 0 saturated carbocycles. The predicted octanol–water partition coefficient (Wildman–Crippen LogP) is 2.17. The largest absolute Gasteiger partial charge is 0.494 e. The number of aromatic hydroxyl groups is 1. The van der Waals surface area contributed by atoms with Crippen molar-refractivity contribution in [1.29, 1.82) is 0 Å². The third kappa shape index (κ3) is 2.57. The van der Waals surface area contributed by atoms with Gasteiger partial charge in [-0.1, -0.05) is 36.4 Å². The molecule has 0 radical (unpaired) electrons. The van der Waals surface area contributed by atoms with E-state index >= 15 is 0 Å². The van der Waals surface area contributed by atoms with Crippen molar-refractivity contribution in [2.75, 3.05) is 0 Å². The number of benzene rings is 2. The van der Waals surface area contributed by atoms with Crippen LogP contribution in [0.4, 0.5) is 0 Å². The SMILES string of the molecule is O=c1c2ccccc2c(/C=N/n2cnnc2)c(O)n1-c1ccccc1. The Hall–Kier alpha value is -3.74. The molecule has 1 N–H and O–H groups in total. The lowest BCUT2D eigenvalue weighted by atomic mass is 10.1. The Morgan fingerprint density at radius 2 is 1.56 bits per heavy atom. The number of para-hydroxylation sites is 1. The van der Waals surface area contributed by atoms with Crippen LogP contribution in [-0.2, 0) is 0 Å². The van der Waals surface area contributed by atoms with Gasteiger partial charge in [0.1, 0.15) is 12.7 Å². The maximum atomic E-state index is 12.9. The average Bonchev–Trinajstić information content (AvgIpc) is 3.16. The van der Waals surface area contributed by atoms with E-state index in [4.69, 9.17) is 0 Å². The minimum atomic E-state index is -0.291. The molecule has 2 aromatic heterocycles. The molecule has 7 nitrogen and oxygen atoms in total. The molecule has 4 aromatic rings. The van der Waals surface area contributed by atoms with Crippen LogP contribution in [-0.4, -0.2) is 30.8 Å². The number of fused-ring (bicyclic) bond motifs is 1.